The summed E-state index contributed by atoms with van der Waals surface area (Å²) in [5.74, 6) is -0.368. The molecule has 94 valence electrons. The number of ether oxygens (including phenoxy) is 1. The van der Waals surface area contributed by atoms with Gasteiger partial charge < -0.3 is 10.5 Å². The maximum absolute atomic E-state index is 11.7. The predicted molar refractivity (Wildman–Crippen MR) is 71.2 cm³/mol. The molecule has 0 spiro atoms. The van der Waals surface area contributed by atoms with Crippen molar-refractivity contribution in [2.45, 2.75) is 43.7 Å². The van der Waals surface area contributed by atoms with Crippen molar-refractivity contribution in [3.63, 3.8) is 0 Å². The number of rotatable bonds is 3. The zero-order valence-electron chi connectivity index (χ0n) is 10.4. The van der Waals surface area contributed by atoms with Crippen LogP contribution in [0.1, 0.15) is 26.3 Å². The van der Waals surface area contributed by atoms with Crippen LogP contribution in [0.25, 0.3) is 0 Å². The molecule has 0 aliphatic carbocycles. The fraction of sp³-hybridized carbons (Fsp3) is 0.462. The normalized spacial score (nSPS) is 13.2. The summed E-state index contributed by atoms with van der Waals surface area (Å²) < 4.78 is 5.22. The molecule has 17 heavy (non-hydrogen) atoms. The van der Waals surface area contributed by atoms with Gasteiger partial charge in [-0.25, -0.2) is 0 Å². The molecule has 4 heteroatoms. The van der Waals surface area contributed by atoms with Gasteiger partial charge in [-0.3, -0.25) is 4.79 Å². The molecule has 3 nitrogen and oxygen atoms in total. The van der Waals surface area contributed by atoms with E-state index in [1.807, 2.05) is 45.0 Å². The van der Waals surface area contributed by atoms with Gasteiger partial charge in [0, 0.05) is 4.90 Å². The van der Waals surface area contributed by atoms with Crippen molar-refractivity contribution in [1.82, 2.24) is 0 Å². The lowest BCUT2D eigenvalue weighted by Crippen LogP contribution is -2.38. The van der Waals surface area contributed by atoms with Crippen LogP contribution in [0.15, 0.2) is 29.2 Å². The molecule has 0 heterocycles. The molecular formula is C13H19NO2S. The van der Waals surface area contributed by atoms with E-state index in [4.69, 9.17) is 10.5 Å². The largest absolute Gasteiger partial charge is 0.459 e. The zero-order valence-corrected chi connectivity index (χ0v) is 11.3. The van der Waals surface area contributed by atoms with Crippen molar-refractivity contribution >= 4 is 18.6 Å². The Kier molecular flexibility index (Phi) is 4.60. The number of nitrogens with two attached hydrogens (primary N) is 1. The fourth-order valence-corrected chi connectivity index (χ4v) is 1.50. The molecule has 1 unspecified atom stereocenters. The lowest BCUT2D eigenvalue weighted by atomic mass is 10.1. The summed E-state index contributed by atoms with van der Waals surface area (Å²) in [6, 6.07) is 6.94. The van der Waals surface area contributed by atoms with E-state index in [0.717, 1.165) is 10.5 Å². The van der Waals surface area contributed by atoms with Gasteiger partial charge in [-0.15, -0.1) is 12.6 Å². The van der Waals surface area contributed by atoms with Crippen LogP contribution in [0.5, 0.6) is 0 Å². The highest BCUT2D eigenvalue weighted by molar-refractivity contribution is 7.80. The zero-order chi connectivity index (χ0) is 13.1. The van der Waals surface area contributed by atoms with E-state index in [9.17, 15) is 4.79 Å². The van der Waals surface area contributed by atoms with Crippen LogP contribution in [-0.2, 0) is 16.0 Å². The summed E-state index contributed by atoms with van der Waals surface area (Å²) >= 11 is 4.20. The van der Waals surface area contributed by atoms with E-state index in [1.165, 1.54) is 0 Å². The average Bonchev–Trinajstić information content (AvgIpc) is 2.19. The Labute approximate surface area is 108 Å². The van der Waals surface area contributed by atoms with E-state index in [0.29, 0.717) is 6.42 Å². The summed E-state index contributed by atoms with van der Waals surface area (Å²) in [4.78, 5) is 12.6. The molecule has 1 rings (SSSR count). The molecule has 0 saturated heterocycles. The molecule has 0 fully saturated rings. The highest BCUT2D eigenvalue weighted by atomic mass is 32.1. The molecule has 0 aliphatic rings. The van der Waals surface area contributed by atoms with Crippen molar-refractivity contribution in [2.24, 2.45) is 5.73 Å². The summed E-state index contributed by atoms with van der Waals surface area (Å²) in [6.07, 6.45) is 0.475. The summed E-state index contributed by atoms with van der Waals surface area (Å²) in [5, 5.41) is 0. The van der Waals surface area contributed by atoms with Gasteiger partial charge in [-0.05, 0) is 44.9 Å². The maximum Gasteiger partial charge on any atom is 0.323 e. The lowest BCUT2D eigenvalue weighted by molar-refractivity contribution is -0.156. The molecule has 0 amide bonds. The first-order valence-corrected chi connectivity index (χ1v) is 5.99. The SMILES string of the molecule is CC(C)(C)OC(=O)C(N)Cc1ccc(S)cc1. The number of benzene rings is 1. The molecule has 0 aliphatic heterocycles. The Morgan fingerprint density at radius 3 is 2.35 bits per heavy atom. The minimum Gasteiger partial charge on any atom is -0.459 e. The van der Waals surface area contributed by atoms with E-state index in [-0.39, 0.29) is 5.97 Å². The van der Waals surface area contributed by atoms with Gasteiger partial charge in [0.05, 0.1) is 0 Å². The van der Waals surface area contributed by atoms with E-state index >= 15 is 0 Å². The summed E-state index contributed by atoms with van der Waals surface area (Å²) in [7, 11) is 0. The van der Waals surface area contributed by atoms with Crippen LogP contribution < -0.4 is 5.73 Å². The molecule has 1 aromatic rings. The lowest BCUT2D eigenvalue weighted by Gasteiger charge is -2.22. The molecule has 0 radical (unpaired) electrons. The quantitative estimate of drug-likeness (QED) is 0.641. The predicted octanol–water partition coefficient (Wildman–Crippen LogP) is 2.19. The van der Waals surface area contributed by atoms with Crippen molar-refractivity contribution in [2.75, 3.05) is 0 Å². The van der Waals surface area contributed by atoms with Crippen LogP contribution in [0, 0.1) is 0 Å². The highest BCUT2D eigenvalue weighted by Gasteiger charge is 2.22. The number of hydrogen-bond donors (Lipinski definition) is 2. The van der Waals surface area contributed by atoms with Crippen molar-refractivity contribution in [3.8, 4) is 0 Å². The number of carbonyl (C=O) groups excluding carboxylic acids is 1. The second-order valence-electron chi connectivity index (χ2n) is 5.01. The van der Waals surface area contributed by atoms with E-state index in [1.54, 1.807) is 0 Å². The number of thiol groups is 1. The van der Waals surface area contributed by atoms with Crippen molar-refractivity contribution in [1.29, 1.82) is 0 Å². The van der Waals surface area contributed by atoms with E-state index < -0.39 is 11.6 Å². The number of esters is 1. The molecule has 1 aromatic carbocycles. The minimum absolute atomic E-state index is 0.368. The number of carbonyl (C=O) groups is 1. The molecule has 2 N–H and O–H groups in total. The summed E-state index contributed by atoms with van der Waals surface area (Å²) in [5.41, 5.74) is 6.31. The molecule has 1 atom stereocenters. The van der Waals surface area contributed by atoms with Gasteiger partial charge in [0.15, 0.2) is 0 Å². The smallest absolute Gasteiger partial charge is 0.323 e. The van der Waals surface area contributed by atoms with Gasteiger partial charge in [0.2, 0.25) is 0 Å². The van der Waals surface area contributed by atoms with Gasteiger partial charge in [-0.1, -0.05) is 12.1 Å². The number of hydrogen-bond acceptors (Lipinski definition) is 4. The van der Waals surface area contributed by atoms with Crippen LogP contribution in [-0.4, -0.2) is 17.6 Å². The Morgan fingerprint density at radius 2 is 1.88 bits per heavy atom. The Morgan fingerprint density at radius 1 is 1.35 bits per heavy atom. The highest BCUT2D eigenvalue weighted by Crippen LogP contribution is 2.12. The first-order valence-electron chi connectivity index (χ1n) is 5.54. The third kappa shape index (κ3) is 5.24. The average molecular weight is 253 g/mol. The van der Waals surface area contributed by atoms with Gasteiger partial charge >= 0.3 is 5.97 Å². The third-order valence-corrected chi connectivity index (χ3v) is 2.40. The van der Waals surface area contributed by atoms with Crippen molar-refractivity contribution in [3.05, 3.63) is 29.8 Å². The molecule has 0 saturated carbocycles. The standard InChI is InChI=1S/C13H19NO2S/c1-13(2,3)16-12(15)11(14)8-9-4-6-10(17)7-5-9/h4-7,11,17H,8,14H2,1-3H3. The molecule has 0 aromatic heterocycles. The first kappa shape index (κ1) is 14.1. The summed E-state index contributed by atoms with van der Waals surface area (Å²) in [6.45, 7) is 5.48. The minimum atomic E-state index is -0.625. The van der Waals surface area contributed by atoms with E-state index in [2.05, 4.69) is 12.6 Å². The van der Waals surface area contributed by atoms with Crippen LogP contribution in [0.2, 0.25) is 0 Å². The maximum atomic E-state index is 11.7. The Bertz CT molecular complexity index is 381. The first-order chi connectivity index (χ1) is 7.78. The Hall–Kier alpha value is -1.00. The topological polar surface area (TPSA) is 52.3 Å². The van der Waals surface area contributed by atoms with Crippen LogP contribution in [0.3, 0.4) is 0 Å². The third-order valence-electron chi connectivity index (χ3n) is 2.10. The second-order valence-corrected chi connectivity index (χ2v) is 5.53. The van der Waals surface area contributed by atoms with Gasteiger partial charge in [-0.2, -0.15) is 0 Å². The molecule has 0 bridgehead atoms. The fourth-order valence-electron chi connectivity index (χ4n) is 1.35. The van der Waals surface area contributed by atoms with Crippen LogP contribution in [0.4, 0.5) is 0 Å². The van der Waals surface area contributed by atoms with Crippen LogP contribution >= 0.6 is 12.6 Å². The molecular weight excluding hydrogens is 234 g/mol. The second kappa shape index (κ2) is 5.56. The van der Waals surface area contributed by atoms with Gasteiger partial charge in [0.1, 0.15) is 11.6 Å². The monoisotopic (exact) mass is 253 g/mol. The Balaban J connectivity index is 2.57. The van der Waals surface area contributed by atoms with Gasteiger partial charge in [0.25, 0.3) is 0 Å². The van der Waals surface area contributed by atoms with Crippen molar-refractivity contribution < 1.29 is 9.53 Å².